The van der Waals surface area contributed by atoms with Gasteiger partial charge < -0.3 is 13.9 Å². The van der Waals surface area contributed by atoms with E-state index in [-0.39, 0.29) is 17.4 Å². The van der Waals surface area contributed by atoms with Crippen molar-refractivity contribution in [3.8, 4) is 17.1 Å². The molecule has 1 aliphatic rings. The second-order valence-corrected chi connectivity index (χ2v) is 21.3. The van der Waals surface area contributed by atoms with Crippen LogP contribution < -0.4 is 4.74 Å². The van der Waals surface area contributed by atoms with E-state index < -0.39 is 8.32 Å². The molecule has 0 saturated carbocycles. The van der Waals surface area contributed by atoms with Crippen LogP contribution in [0.25, 0.3) is 28.2 Å². The molecule has 0 aromatic carbocycles. The first-order valence-corrected chi connectivity index (χ1v) is 21.9. The van der Waals surface area contributed by atoms with Gasteiger partial charge in [-0.3, -0.25) is 14.6 Å². The van der Waals surface area contributed by atoms with Crippen molar-refractivity contribution in [3.05, 3.63) is 45.2 Å². The highest BCUT2D eigenvalue weighted by atomic mass is 127. The van der Waals surface area contributed by atoms with Crippen LogP contribution in [0, 0.1) is 17.4 Å². The van der Waals surface area contributed by atoms with Crippen LogP contribution >= 0.6 is 22.6 Å². The van der Waals surface area contributed by atoms with E-state index in [0.717, 1.165) is 84.7 Å². The minimum atomic E-state index is -1.84. The van der Waals surface area contributed by atoms with Crippen molar-refractivity contribution >= 4 is 47.9 Å². The second-order valence-electron chi connectivity index (χ2n) is 15.5. The van der Waals surface area contributed by atoms with Gasteiger partial charge >= 0.3 is 0 Å². The van der Waals surface area contributed by atoms with Crippen LogP contribution in [0.5, 0.6) is 5.88 Å². The molecule has 4 aromatic rings. The lowest BCUT2D eigenvalue weighted by atomic mass is 10.1. The molecule has 1 fully saturated rings. The Labute approximate surface area is 313 Å². The van der Waals surface area contributed by atoms with Crippen molar-refractivity contribution in [2.24, 2.45) is 7.05 Å². The standard InChI is InChI=1S/C37H57IN8O3Si/c1-13-29-28-20-30(39-21-31(28)46(42-29)33-16-14-15-18-47-33)34-26(5)40-43(10)36(34)49-25(4)22-44(24(2)3)23-32-35(38)27(6)41-45(32)17-19-48-50(11,12)37(7,8)9/h13,20-21,24-25,33H,1,14-19,22-23H2,2-12H3/t25-,33?/m0/s1. The molecule has 0 spiro atoms. The van der Waals surface area contributed by atoms with Gasteiger partial charge in [0.25, 0.3) is 0 Å². The molecule has 11 nitrogen and oxygen atoms in total. The molecule has 1 aliphatic heterocycles. The van der Waals surface area contributed by atoms with E-state index in [1.165, 1.54) is 9.26 Å². The number of hydrogen-bond acceptors (Lipinski definition) is 8. The van der Waals surface area contributed by atoms with Gasteiger partial charge in [0, 0.05) is 38.2 Å². The maximum absolute atomic E-state index is 6.76. The number of pyridine rings is 1. The van der Waals surface area contributed by atoms with Crippen molar-refractivity contribution in [2.75, 3.05) is 19.8 Å². The molecule has 13 heteroatoms. The lowest BCUT2D eigenvalue weighted by molar-refractivity contribution is -0.0367. The first kappa shape index (κ1) is 38.6. The summed E-state index contributed by atoms with van der Waals surface area (Å²) < 4.78 is 26.5. The van der Waals surface area contributed by atoms with Crippen LogP contribution in [0.1, 0.15) is 89.8 Å². The summed E-state index contributed by atoms with van der Waals surface area (Å²) in [5.41, 5.74) is 6.58. The second kappa shape index (κ2) is 15.6. The average Bonchev–Trinajstić information content (AvgIpc) is 3.65. The van der Waals surface area contributed by atoms with Gasteiger partial charge in [0.05, 0.1) is 62.5 Å². The van der Waals surface area contributed by atoms with Crippen molar-refractivity contribution in [2.45, 2.75) is 124 Å². The maximum Gasteiger partial charge on any atom is 0.221 e. The molecule has 50 heavy (non-hydrogen) atoms. The zero-order valence-corrected chi connectivity index (χ0v) is 35.2. The summed E-state index contributed by atoms with van der Waals surface area (Å²) in [5.74, 6) is 0.701. The van der Waals surface area contributed by atoms with Crippen LogP contribution in [0.3, 0.4) is 0 Å². The van der Waals surface area contributed by atoms with Crippen molar-refractivity contribution in [3.63, 3.8) is 0 Å². The summed E-state index contributed by atoms with van der Waals surface area (Å²) in [6, 6.07) is 2.38. The van der Waals surface area contributed by atoms with Crippen LogP contribution in [-0.4, -0.2) is 79.4 Å². The molecule has 5 heterocycles. The molecule has 0 bridgehead atoms. The SMILES string of the molecule is C=Cc1nn(C2CCCCO2)c2cnc(-c3c(C)nn(C)c3O[C@@H](C)CN(Cc3c(I)c(C)nn3CCO[Si](C)(C)C(C)(C)C)C(C)C)cc12. The highest BCUT2D eigenvalue weighted by Crippen LogP contribution is 2.37. The quantitative estimate of drug-likeness (QED) is 0.0928. The zero-order chi connectivity index (χ0) is 36.5. The molecule has 5 rings (SSSR count). The molecule has 0 N–H and O–H groups in total. The molecule has 0 radical (unpaired) electrons. The molecule has 274 valence electrons. The van der Waals surface area contributed by atoms with E-state index in [1.54, 1.807) is 6.08 Å². The maximum atomic E-state index is 6.76. The van der Waals surface area contributed by atoms with Gasteiger partial charge in [-0.05, 0) is 107 Å². The third-order valence-electron chi connectivity index (χ3n) is 10.3. The molecule has 1 unspecified atom stereocenters. The molecule has 1 saturated heterocycles. The van der Waals surface area contributed by atoms with E-state index in [2.05, 4.69) is 106 Å². The molecule has 4 aromatic heterocycles. The fourth-order valence-electron chi connectivity index (χ4n) is 6.31. The van der Waals surface area contributed by atoms with Gasteiger partial charge in [-0.25, -0.2) is 9.36 Å². The summed E-state index contributed by atoms with van der Waals surface area (Å²) in [6.45, 7) is 29.8. The van der Waals surface area contributed by atoms with Gasteiger partial charge in [-0.15, -0.1) is 0 Å². The fraction of sp³-hybridized carbons (Fsp3) is 0.622. The van der Waals surface area contributed by atoms with Crippen molar-refractivity contribution in [1.82, 2.24) is 39.2 Å². The highest BCUT2D eigenvalue weighted by molar-refractivity contribution is 14.1. The van der Waals surface area contributed by atoms with Crippen molar-refractivity contribution < 1.29 is 13.9 Å². The molecule has 0 amide bonds. The molecular formula is C37H57IN8O3Si. The number of nitrogens with zero attached hydrogens (tertiary/aromatic N) is 8. The van der Waals surface area contributed by atoms with Gasteiger partial charge in [0.1, 0.15) is 6.10 Å². The average molecular weight is 817 g/mol. The van der Waals surface area contributed by atoms with Gasteiger partial charge in [0.15, 0.2) is 14.5 Å². The Bertz CT molecular complexity index is 1800. The predicted molar refractivity (Wildman–Crippen MR) is 212 cm³/mol. The number of halogens is 1. The topological polar surface area (TPSA) is 97.3 Å². The van der Waals surface area contributed by atoms with E-state index in [0.29, 0.717) is 18.5 Å². The molecular weight excluding hydrogens is 759 g/mol. The minimum Gasteiger partial charge on any atom is -0.473 e. The number of ether oxygens (including phenoxy) is 2. The van der Waals surface area contributed by atoms with Gasteiger partial charge in [0.2, 0.25) is 5.88 Å². The van der Waals surface area contributed by atoms with Crippen molar-refractivity contribution in [1.29, 1.82) is 0 Å². The normalized spacial score (nSPS) is 16.6. The highest BCUT2D eigenvalue weighted by Gasteiger charge is 2.37. The van der Waals surface area contributed by atoms with Crippen LogP contribution in [0.4, 0.5) is 0 Å². The number of aromatic nitrogens is 7. The largest absolute Gasteiger partial charge is 0.473 e. The van der Waals surface area contributed by atoms with E-state index in [4.69, 9.17) is 34.2 Å². The van der Waals surface area contributed by atoms with Crippen LogP contribution in [-0.2, 0) is 29.3 Å². The number of fused-ring (bicyclic) bond motifs is 1. The summed E-state index contributed by atoms with van der Waals surface area (Å²) in [6.07, 6.45) is 6.63. The zero-order valence-electron chi connectivity index (χ0n) is 32.0. The van der Waals surface area contributed by atoms with E-state index in [9.17, 15) is 0 Å². The van der Waals surface area contributed by atoms with Crippen LogP contribution in [0.15, 0.2) is 18.8 Å². The van der Waals surface area contributed by atoms with E-state index in [1.807, 2.05) is 29.5 Å². The predicted octanol–water partition coefficient (Wildman–Crippen LogP) is 8.29. The Morgan fingerprint density at radius 1 is 1.14 bits per heavy atom. The third-order valence-corrected chi connectivity index (χ3v) is 16.2. The summed E-state index contributed by atoms with van der Waals surface area (Å²) in [4.78, 5) is 7.39. The third kappa shape index (κ3) is 8.21. The fourth-order valence-corrected chi connectivity index (χ4v) is 7.90. The minimum absolute atomic E-state index is 0.0854. The Kier molecular flexibility index (Phi) is 12.0. The van der Waals surface area contributed by atoms with Crippen LogP contribution in [0.2, 0.25) is 18.1 Å². The smallest absolute Gasteiger partial charge is 0.221 e. The molecule has 0 aliphatic carbocycles. The Balaban J connectivity index is 1.35. The molecule has 2 atom stereocenters. The first-order valence-electron chi connectivity index (χ1n) is 17.9. The monoisotopic (exact) mass is 816 g/mol. The lowest BCUT2D eigenvalue weighted by Crippen LogP contribution is -2.41. The summed E-state index contributed by atoms with van der Waals surface area (Å²) in [7, 11) is 0.0869. The van der Waals surface area contributed by atoms with Gasteiger partial charge in [-0.1, -0.05) is 27.4 Å². The summed E-state index contributed by atoms with van der Waals surface area (Å²) in [5, 5.41) is 15.7. The Morgan fingerprint density at radius 3 is 2.52 bits per heavy atom. The Morgan fingerprint density at radius 2 is 1.88 bits per heavy atom. The Hall–Kier alpha value is -2.59. The first-order chi connectivity index (χ1) is 23.5. The number of hydrogen-bond donors (Lipinski definition) is 0. The van der Waals surface area contributed by atoms with Gasteiger partial charge in [-0.2, -0.15) is 15.3 Å². The number of rotatable bonds is 14. The van der Waals surface area contributed by atoms with E-state index >= 15 is 0 Å². The number of aryl methyl sites for hydroxylation is 3. The lowest BCUT2D eigenvalue weighted by Gasteiger charge is -2.36. The summed E-state index contributed by atoms with van der Waals surface area (Å²) >= 11 is 2.45.